The van der Waals surface area contributed by atoms with Gasteiger partial charge in [0.05, 0.1) is 0 Å². The summed E-state index contributed by atoms with van der Waals surface area (Å²) < 4.78 is 48.8. The smallest absolute Gasteiger partial charge is 0.319 e. The highest BCUT2D eigenvalue weighted by Crippen LogP contribution is 2.36. The van der Waals surface area contributed by atoms with E-state index in [4.69, 9.17) is 5.73 Å². The highest BCUT2D eigenvalue weighted by molar-refractivity contribution is 7.70. The average molecular weight is 288 g/mol. The van der Waals surface area contributed by atoms with E-state index in [2.05, 4.69) is 0 Å². The molecule has 0 aromatic heterocycles. The molecule has 0 bridgehead atoms. The molecule has 17 heavy (non-hydrogen) atoms. The lowest BCUT2D eigenvalue weighted by Gasteiger charge is -2.17. The predicted octanol–water partition coefficient (Wildman–Crippen LogP) is 2.92. The molecule has 1 atom stereocenters. The third kappa shape index (κ3) is 4.34. The van der Waals surface area contributed by atoms with E-state index < -0.39 is 19.4 Å². The van der Waals surface area contributed by atoms with E-state index in [1.807, 2.05) is 0 Å². The molecule has 1 aromatic rings. The molecule has 0 aliphatic heterocycles. The summed E-state index contributed by atoms with van der Waals surface area (Å²) in [6, 6.07) is 3.51. The summed E-state index contributed by atoms with van der Waals surface area (Å²) >= 11 is 0. The van der Waals surface area contributed by atoms with E-state index in [0.29, 0.717) is 5.30 Å². The quantitative estimate of drug-likeness (QED) is 0.850. The first-order valence-electron chi connectivity index (χ1n) is 4.60. The molecule has 0 aliphatic carbocycles. The van der Waals surface area contributed by atoms with Gasteiger partial charge in [-0.15, -0.1) is 12.4 Å². The molecule has 0 amide bonds. The molecular formula is C10H14ClF3NOP. The molecule has 0 spiro atoms. The fourth-order valence-corrected chi connectivity index (χ4v) is 2.15. The Balaban J connectivity index is 0.00000256. The molecule has 0 radical (unpaired) electrons. The minimum absolute atomic E-state index is 0. The lowest BCUT2D eigenvalue weighted by Crippen LogP contribution is -2.29. The molecule has 1 rings (SSSR count). The topological polar surface area (TPSA) is 43.1 Å². The standard InChI is InChI=1S/C10H13F3NOP.ClH/c1-16(2,15)8-5-3-4-7(6-8)9(14)10(11,12)13;/h3-6,9H,14H2,1-2H3;1H. The van der Waals surface area contributed by atoms with Gasteiger partial charge in [-0.3, -0.25) is 0 Å². The van der Waals surface area contributed by atoms with Crippen LogP contribution in [0.25, 0.3) is 0 Å². The van der Waals surface area contributed by atoms with Gasteiger partial charge in [0.15, 0.2) is 0 Å². The van der Waals surface area contributed by atoms with E-state index in [0.717, 1.165) is 0 Å². The Hall–Kier alpha value is -0.510. The van der Waals surface area contributed by atoms with Crippen LogP contribution < -0.4 is 11.0 Å². The SMILES string of the molecule is CP(C)(=O)c1cccc(C(N)C(F)(F)F)c1.Cl. The van der Waals surface area contributed by atoms with Gasteiger partial charge in [-0.05, 0) is 25.0 Å². The number of rotatable bonds is 2. The van der Waals surface area contributed by atoms with E-state index in [-0.39, 0.29) is 18.0 Å². The number of halogens is 4. The van der Waals surface area contributed by atoms with Crippen LogP contribution in [0.1, 0.15) is 11.6 Å². The molecule has 7 heteroatoms. The Kier molecular flexibility index (Phi) is 5.26. The Morgan fingerprint density at radius 2 is 1.82 bits per heavy atom. The summed E-state index contributed by atoms with van der Waals surface area (Å²) in [5.41, 5.74) is 5.01. The number of hydrogen-bond donors (Lipinski definition) is 1. The largest absolute Gasteiger partial charge is 0.407 e. The molecule has 0 aliphatic rings. The second-order valence-electron chi connectivity index (χ2n) is 3.97. The first-order valence-corrected chi connectivity index (χ1v) is 7.20. The minimum Gasteiger partial charge on any atom is -0.319 e. The van der Waals surface area contributed by atoms with Gasteiger partial charge < -0.3 is 10.3 Å². The first-order chi connectivity index (χ1) is 7.12. The average Bonchev–Trinajstić information content (AvgIpc) is 2.14. The van der Waals surface area contributed by atoms with Gasteiger partial charge in [-0.25, -0.2) is 0 Å². The van der Waals surface area contributed by atoms with E-state index in [1.54, 1.807) is 6.07 Å². The zero-order valence-corrected chi connectivity index (χ0v) is 11.1. The molecule has 1 aromatic carbocycles. The first kappa shape index (κ1) is 16.5. The summed E-state index contributed by atoms with van der Waals surface area (Å²) in [6.07, 6.45) is -4.48. The van der Waals surface area contributed by atoms with Gasteiger partial charge in [-0.2, -0.15) is 13.2 Å². The predicted molar refractivity (Wildman–Crippen MR) is 65.8 cm³/mol. The van der Waals surface area contributed by atoms with Gasteiger partial charge >= 0.3 is 6.18 Å². The summed E-state index contributed by atoms with van der Waals surface area (Å²) in [7, 11) is -2.56. The van der Waals surface area contributed by atoms with Crippen LogP contribution in [0.5, 0.6) is 0 Å². The van der Waals surface area contributed by atoms with Crippen molar-refractivity contribution >= 4 is 24.9 Å². The maximum absolute atomic E-state index is 12.4. The van der Waals surface area contributed by atoms with Crippen molar-refractivity contribution in [2.24, 2.45) is 5.73 Å². The fraction of sp³-hybridized carbons (Fsp3) is 0.400. The van der Waals surface area contributed by atoms with Gasteiger partial charge in [0.2, 0.25) is 0 Å². The number of benzene rings is 1. The fourth-order valence-electron chi connectivity index (χ4n) is 1.24. The molecular weight excluding hydrogens is 274 g/mol. The van der Waals surface area contributed by atoms with Gasteiger partial charge in [0, 0.05) is 5.30 Å². The molecule has 2 N–H and O–H groups in total. The Labute approximate surface area is 104 Å². The lowest BCUT2D eigenvalue weighted by molar-refractivity contribution is -0.149. The van der Waals surface area contributed by atoms with E-state index in [1.165, 1.54) is 31.5 Å². The van der Waals surface area contributed by atoms with Crippen LogP contribution in [0.15, 0.2) is 24.3 Å². The third-order valence-electron chi connectivity index (χ3n) is 2.20. The summed E-state index contributed by atoms with van der Waals surface area (Å²) in [6.45, 7) is 3.01. The molecule has 2 nitrogen and oxygen atoms in total. The van der Waals surface area contributed by atoms with Crippen LogP contribution in [0.3, 0.4) is 0 Å². The molecule has 98 valence electrons. The second kappa shape index (κ2) is 5.42. The maximum atomic E-state index is 12.4. The molecule has 0 heterocycles. The highest BCUT2D eigenvalue weighted by Gasteiger charge is 2.38. The van der Waals surface area contributed by atoms with Crippen LogP contribution in [0.4, 0.5) is 13.2 Å². The van der Waals surface area contributed by atoms with Gasteiger partial charge in [-0.1, -0.05) is 18.2 Å². The van der Waals surface area contributed by atoms with Crippen LogP contribution in [-0.2, 0) is 4.57 Å². The van der Waals surface area contributed by atoms with Crippen LogP contribution >= 0.6 is 19.5 Å². The van der Waals surface area contributed by atoms with Crippen molar-refractivity contribution in [3.63, 3.8) is 0 Å². The summed E-state index contributed by atoms with van der Waals surface area (Å²) in [5.74, 6) is 0. The van der Waals surface area contributed by atoms with Crippen molar-refractivity contribution in [3.05, 3.63) is 29.8 Å². The lowest BCUT2D eigenvalue weighted by atomic mass is 10.1. The van der Waals surface area contributed by atoms with Crippen molar-refractivity contribution in [1.29, 1.82) is 0 Å². The number of alkyl halides is 3. The van der Waals surface area contributed by atoms with Crippen molar-refractivity contribution in [3.8, 4) is 0 Å². The van der Waals surface area contributed by atoms with Crippen molar-refractivity contribution < 1.29 is 17.7 Å². The molecule has 1 unspecified atom stereocenters. The van der Waals surface area contributed by atoms with Crippen molar-refractivity contribution in [2.45, 2.75) is 12.2 Å². The van der Waals surface area contributed by atoms with Crippen molar-refractivity contribution in [1.82, 2.24) is 0 Å². The summed E-state index contributed by atoms with van der Waals surface area (Å²) in [5, 5.41) is 0.407. The second-order valence-corrected chi connectivity index (χ2v) is 7.18. The molecule has 0 saturated heterocycles. The van der Waals surface area contributed by atoms with Crippen LogP contribution in [-0.4, -0.2) is 19.5 Å². The summed E-state index contributed by atoms with van der Waals surface area (Å²) in [4.78, 5) is 0. The zero-order valence-electron chi connectivity index (χ0n) is 9.36. The van der Waals surface area contributed by atoms with Crippen molar-refractivity contribution in [2.75, 3.05) is 13.3 Å². The molecule has 0 fully saturated rings. The number of nitrogens with two attached hydrogens (primary N) is 1. The zero-order chi connectivity index (χ0) is 12.6. The monoisotopic (exact) mass is 287 g/mol. The molecule has 0 saturated carbocycles. The van der Waals surface area contributed by atoms with E-state index in [9.17, 15) is 17.7 Å². The van der Waals surface area contributed by atoms with Gasteiger partial charge in [0.1, 0.15) is 13.2 Å². The van der Waals surface area contributed by atoms with Crippen LogP contribution in [0.2, 0.25) is 0 Å². The normalized spacial score (nSPS) is 14.0. The Bertz CT molecular complexity index is 430. The highest BCUT2D eigenvalue weighted by atomic mass is 35.5. The Morgan fingerprint density at radius 1 is 1.29 bits per heavy atom. The van der Waals surface area contributed by atoms with E-state index >= 15 is 0 Å². The minimum atomic E-state index is -4.48. The number of hydrogen-bond acceptors (Lipinski definition) is 2. The third-order valence-corrected chi connectivity index (χ3v) is 3.73. The Morgan fingerprint density at radius 3 is 2.24 bits per heavy atom. The maximum Gasteiger partial charge on any atom is 0.407 e. The van der Waals surface area contributed by atoms with Crippen LogP contribution in [0, 0.1) is 0 Å². The van der Waals surface area contributed by atoms with Gasteiger partial charge in [0.25, 0.3) is 0 Å².